The van der Waals surface area contributed by atoms with Gasteiger partial charge in [0.15, 0.2) is 0 Å². The van der Waals surface area contributed by atoms with E-state index in [2.05, 4.69) is 15.3 Å². The maximum absolute atomic E-state index is 11.1. The fraction of sp³-hybridized carbons (Fsp3) is 0.714. The van der Waals surface area contributed by atoms with Crippen LogP contribution in [0.2, 0.25) is 0 Å². The Morgan fingerprint density at radius 1 is 1.43 bits per heavy atom. The summed E-state index contributed by atoms with van der Waals surface area (Å²) < 4.78 is 4.44. The Morgan fingerprint density at radius 2 is 2.07 bits per heavy atom. The molecule has 0 fully saturated rings. The first-order valence-corrected chi connectivity index (χ1v) is 4.21. The normalized spacial score (nSPS) is 9.29. The van der Waals surface area contributed by atoms with Crippen LogP contribution >= 0.6 is 0 Å². The highest BCUT2D eigenvalue weighted by molar-refractivity contribution is 5.92. The molecule has 0 radical (unpaired) electrons. The van der Waals surface area contributed by atoms with Crippen molar-refractivity contribution < 1.29 is 14.3 Å². The van der Waals surface area contributed by atoms with E-state index in [0.717, 1.165) is 0 Å². The van der Waals surface area contributed by atoms with Crippen molar-refractivity contribution in [1.29, 1.82) is 0 Å². The quantitative estimate of drug-likeness (QED) is 0.511. The fourth-order valence-electron chi connectivity index (χ4n) is 0.672. The summed E-state index contributed by atoms with van der Waals surface area (Å²) >= 11 is 0. The van der Waals surface area contributed by atoms with Gasteiger partial charge in [0, 0.05) is 0 Å². The van der Waals surface area contributed by atoms with Gasteiger partial charge in [-0.1, -0.05) is 11.9 Å². The third-order valence-electron chi connectivity index (χ3n) is 1.28. The van der Waals surface area contributed by atoms with Gasteiger partial charge in [-0.2, -0.15) is 0 Å². The van der Waals surface area contributed by atoms with E-state index in [0.29, 0.717) is 6.54 Å². The number of hydrogen-bond donors (Lipinski definition) is 1. The van der Waals surface area contributed by atoms with Gasteiger partial charge in [-0.25, -0.2) is 4.79 Å². The summed E-state index contributed by atoms with van der Waals surface area (Å²) in [6, 6.07) is 0. The maximum atomic E-state index is 11.1. The Morgan fingerprint density at radius 3 is 2.50 bits per heavy atom. The van der Waals surface area contributed by atoms with Crippen LogP contribution in [0.5, 0.6) is 0 Å². The lowest BCUT2D eigenvalue weighted by molar-refractivity contribution is -0.128. The van der Waals surface area contributed by atoms with E-state index < -0.39 is 12.0 Å². The molecule has 0 atom stereocenters. The van der Waals surface area contributed by atoms with Crippen LogP contribution < -0.4 is 5.32 Å². The van der Waals surface area contributed by atoms with Crippen LogP contribution in [0.15, 0.2) is 5.29 Å². The smallest absolute Gasteiger partial charge is 0.440 e. The molecule has 0 saturated carbocycles. The molecule has 0 unspecified atom stereocenters. The lowest BCUT2D eigenvalue weighted by Crippen LogP contribution is -2.38. The SMILES string of the molecule is CCNCC(=O)N(N=O)C(=O)OCC. The van der Waals surface area contributed by atoms with Crippen LogP contribution in [0.1, 0.15) is 13.8 Å². The van der Waals surface area contributed by atoms with Gasteiger partial charge < -0.3 is 10.1 Å². The number of nitrogens with one attached hydrogen (secondary N) is 1. The Hall–Kier alpha value is -1.50. The zero-order valence-corrected chi connectivity index (χ0v) is 8.15. The van der Waals surface area contributed by atoms with E-state index in [1.54, 1.807) is 13.8 Å². The molecule has 0 aliphatic carbocycles. The molecule has 0 aromatic carbocycles. The Kier molecular flexibility index (Phi) is 6.21. The van der Waals surface area contributed by atoms with Crippen LogP contribution in [-0.4, -0.2) is 36.7 Å². The minimum Gasteiger partial charge on any atom is -0.448 e. The molecule has 0 spiro atoms. The number of hydrogen-bond acceptors (Lipinski definition) is 6. The average Bonchev–Trinajstić information content (AvgIpc) is 2.16. The molecule has 0 aromatic heterocycles. The first-order chi connectivity index (χ1) is 6.67. The monoisotopic (exact) mass is 203 g/mol. The van der Waals surface area contributed by atoms with Gasteiger partial charge in [-0.05, 0) is 13.5 Å². The minimum atomic E-state index is -1.05. The molecule has 0 heterocycles. The molecule has 0 aliphatic heterocycles. The number of nitroso groups, excluding NO2 is 1. The van der Waals surface area contributed by atoms with Crippen molar-refractivity contribution >= 4 is 12.0 Å². The van der Waals surface area contributed by atoms with Crippen LogP contribution in [0.4, 0.5) is 4.79 Å². The van der Waals surface area contributed by atoms with Gasteiger partial charge in [0.2, 0.25) is 0 Å². The number of amides is 2. The van der Waals surface area contributed by atoms with Crippen molar-refractivity contribution in [3.63, 3.8) is 0 Å². The standard InChI is InChI=1S/C7H13N3O4/c1-3-8-5-6(11)10(9-13)7(12)14-4-2/h8H,3-5H2,1-2H3. The van der Waals surface area contributed by atoms with E-state index in [9.17, 15) is 14.5 Å². The van der Waals surface area contributed by atoms with Crippen LogP contribution in [0, 0.1) is 4.91 Å². The predicted molar refractivity (Wildman–Crippen MR) is 48.2 cm³/mol. The zero-order chi connectivity index (χ0) is 11.0. The highest BCUT2D eigenvalue weighted by Gasteiger charge is 2.23. The number of carbonyl (C=O) groups is 2. The maximum Gasteiger partial charge on any atom is 0.440 e. The molecule has 0 rings (SSSR count). The Balaban J connectivity index is 4.17. The van der Waals surface area contributed by atoms with Gasteiger partial charge in [0.05, 0.1) is 18.4 Å². The van der Waals surface area contributed by atoms with Crippen LogP contribution in [-0.2, 0) is 9.53 Å². The lowest BCUT2D eigenvalue weighted by atomic mass is 10.5. The van der Waals surface area contributed by atoms with Crippen molar-refractivity contribution in [2.24, 2.45) is 5.29 Å². The largest absolute Gasteiger partial charge is 0.448 e. The first-order valence-electron chi connectivity index (χ1n) is 4.21. The van der Waals surface area contributed by atoms with E-state index in [4.69, 9.17) is 0 Å². The zero-order valence-electron chi connectivity index (χ0n) is 8.15. The fourth-order valence-corrected chi connectivity index (χ4v) is 0.672. The van der Waals surface area contributed by atoms with Crippen molar-refractivity contribution in [2.45, 2.75) is 13.8 Å². The second-order valence-electron chi connectivity index (χ2n) is 2.27. The van der Waals surface area contributed by atoms with Gasteiger partial charge in [0.1, 0.15) is 0 Å². The third kappa shape index (κ3) is 3.94. The van der Waals surface area contributed by atoms with Crippen molar-refractivity contribution in [1.82, 2.24) is 10.3 Å². The predicted octanol–water partition coefficient (Wildman–Crippen LogP) is 0.262. The number of rotatable bonds is 5. The molecule has 1 N–H and O–H groups in total. The number of carbonyl (C=O) groups excluding carboxylic acids is 2. The molecular formula is C7H13N3O4. The summed E-state index contributed by atoms with van der Waals surface area (Å²) in [5.41, 5.74) is 0. The Bertz CT molecular complexity index is 219. The highest BCUT2D eigenvalue weighted by Crippen LogP contribution is 1.95. The second-order valence-corrected chi connectivity index (χ2v) is 2.27. The van der Waals surface area contributed by atoms with Gasteiger partial charge in [0.25, 0.3) is 5.91 Å². The molecule has 7 heteroatoms. The highest BCUT2D eigenvalue weighted by atomic mass is 16.6. The van der Waals surface area contributed by atoms with Gasteiger partial charge >= 0.3 is 6.09 Å². The molecule has 0 saturated heterocycles. The van der Waals surface area contributed by atoms with Crippen molar-refractivity contribution in [3.05, 3.63) is 4.91 Å². The van der Waals surface area contributed by atoms with E-state index >= 15 is 0 Å². The molecule has 2 amide bonds. The summed E-state index contributed by atoms with van der Waals surface area (Å²) in [4.78, 5) is 32.2. The lowest BCUT2D eigenvalue weighted by Gasteiger charge is -2.10. The summed E-state index contributed by atoms with van der Waals surface area (Å²) in [5.74, 6) is -0.736. The second kappa shape index (κ2) is 6.96. The number of nitrogens with zero attached hydrogens (tertiary/aromatic N) is 2. The number of imide groups is 1. The summed E-state index contributed by atoms with van der Waals surface area (Å²) in [6.07, 6.45) is -1.05. The summed E-state index contributed by atoms with van der Waals surface area (Å²) in [7, 11) is 0. The molecule has 0 bridgehead atoms. The minimum absolute atomic E-state index is 0.0827. The molecule has 80 valence electrons. The number of likely N-dealkylation sites (N-methyl/N-ethyl adjacent to an activating group) is 1. The molecule has 14 heavy (non-hydrogen) atoms. The molecular weight excluding hydrogens is 190 g/mol. The third-order valence-corrected chi connectivity index (χ3v) is 1.28. The molecule has 0 aromatic rings. The van der Waals surface area contributed by atoms with E-state index in [1.807, 2.05) is 0 Å². The molecule has 7 nitrogen and oxygen atoms in total. The summed E-state index contributed by atoms with van der Waals surface area (Å²) in [6.45, 7) is 3.87. The topological polar surface area (TPSA) is 88.1 Å². The van der Waals surface area contributed by atoms with Crippen LogP contribution in [0.3, 0.4) is 0 Å². The first kappa shape index (κ1) is 12.5. The van der Waals surface area contributed by atoms with Gasteiger partial charge in [-0.3, -0.25) is 4.79 Å². The Labute approximate surface area is 81.3 Å². The van der Waals surface area contributed by atoms with Gasteiger partial charge in [-0.15, -0.1) is 4.91 Å². The van der Waals surface area contributed by atoms with Crippen molar-refractivity contribution in [2.75, 3.05) is 19.7 Å². The summed E-state index contributed by atoms with van der Waals surface area (Å²) in [5, 5.41) is 5.10. The van der Waals surface area contributed by atoms with E-state index in [1.165, 1.54) is 0 Å². The van der Waals surface area contributed by atoms with Crippen molar-refractivity contribution in [3.8, 4) is 0 Å². The average molecular weight is 203 g/mol. The van der Waals surface area contributed by atoms with Crippen LogP contribution in [0.25, 0.3) is 0 Å². The number of ether oxygens (including phenoxy) is 1. The molecule has 0 aliphatic rings. The van der Waals surface area contributed by atoms with E-state index in [-0.39, 0.29) is 18.2 Å².